The van der Waals surface area contributed by atoms with Gasteiger partial charge in [-0.3, -0.25) is 53.4 Å². The summed E-state index contributed by atoms with van der Waals surface area (Å²) >= 11 is 7.02. The minimum absolute atomic E-state index is 0.00763. The standard InChI is InChI=1S/C47H79N15O12S3/c1-25(54-40(67)29(49)23-36(50)63)37(64)58-31(16-20-76-4)41(68)55-27(3)39(66)61-34(22-28-12-7-6-8-13-28)44(71)62-35(24-75)45(72)56-26(2)38(65)57-30(14-9-10-18-48)42(69)59-32(17-21-77-5)43(70)60-33(46(73)74)15-11-19-53-47(51)52/h6-8,12-13,25-27,29-35,75H,9-11,14-24,48-49H2,1-5H3,(H2,50,63)(H,54,67)(H,55,68)(H,56,72)(H,57,65)(H,58,64)(H,59,69)(H,60,70)(H,61,66)(H,62,71)(H,73,74)(H4,51,52,53)/t25-,26-,27-,29-,30-,31-,32-,33-,34-,35-/m0/s1. The highest BCUT2D eigenvalue weighted by Gasteiger charge is 2.34. The number of carboxylic acid groups (broad SMARTS) is 1. The van der Waals surface area contributed by atoms with E-state index in [1.54, 1.807) is 42.8 Å². The zero-order valence-electron chi connectivity index (χ0n) is 44.1. The number of thioether (sulfide) groups is 2. The Morgan fingerprint density at radius 2 is 0.961 bits per heavy atom. The first-order valence-electron chi connectivity index (χ1n) is 24.8. The number of hydrogen-bond donors (Lipinski definition) is 17. The number of thiol groups is 1. The second-order valence-corrected chi connectivity index (χ2v) is 20.2. The molecule has 20 N–H and O–H groups in total. The lowest BCUT2D eigenvalue weighted by atomic mass is 10.0. The minimum Gasteiger partial charge on any atom is -0.480 e. The van der Waals surface area contributed by atoms with E-state index in [-0.39, 0.29) is 63.3 Å². The van der Waals surface area contributed by atoms with Crippen molar-refractivity contribution < 1.29 is 57.8 Å². The average molecular weight is 1140 g/mol. The van der Waals surface area contributed by atoms with Gasteiger partial charge in [0.05, 0.1) is 12.5 Å². The SMILES string of the molecule is CSCC[C@H](NC(=O)[C@H](C)NC(=O)[C@@H](N)CC(N)=O)C(=O)N[C@@H](C)C(=O)N[C@@H](Cc1ccccc1)C(=O)N[C@@H](CS)C(=O)N[C@@H](C)C(=O)N[C@@H](CCCCN)C(=O)N[C@@H](CCSC)C(=O)N[C@@H](CCCNC(=N)N)C(=O)O. The predicted octanol–water partition coefficient (Wildman–Crippen LogP) is -4.23. The van der Waals surface area contributed by atoms with Gasteiger partial charge >= 0.3 is 5.97 Å². The van der Waals surface area contributed by atoms with Crippen molar-refractivity contribution in [2.24, 2.45) is 22.9 Å². The zero-order chi connectivity index (χ0) is 58.2. The van der Waals surface area contributed by atoms with Crippen molar-refractivity contribution >= 4 is 107 Å². The van der Waals surface area contributed by atoms with E-state index in [1.165, 1.54) is 44.3 Å². The molecule has 0 aliphatic carbocycles. The average Bonchev–Trinajstić information content (AvgIpc) is 3.37. The molecular weight excluding hydrogens is 1060 g/mol. The number of benzene rings is 1. The van der Waals surface area contributed by atoms with E-state index >= 15 is 0 Å². The molecule has 0 unspecified atom stereocenters. The molecule has 0 fully saturated rings. The van der Waals surface area contributed by atoms with Crippen molar-refractivity contribution in [2.75, 3.05) is 42.9 Å². The fourth-order valence-electron chi connectivity index (χ4n) is 6.97. The smallest absolute Gasteiger partial charge is 0.326 e. The van der Waals surface area contributed by atoms with Crippen LogP contribution in [0.25, 0.3) is 0 Å². The summed E-state index contributed by atoms with van der Waals surface area (Å²) in [5, 5.41) is 42.4. The normalized spacial score (nSPS) is 14.8. The Kier molecular flexibility index (Phi) is 33.4. The summed E-state index contributed by atoms with van der Waals surface area (Å²) in [5.41, 5.74) is 22.4. The third-order valence-corrected chi connectivity index (χ3v) is 13.1. The molecule has 30 heteroatoms. The Hall–Kier alpha value is -6.37. The fourth-order valence-corrected chi connectivity index (χ4v) is 8.17. The summed E-state index contributed by atoms with van der Waals surface area (Å²) < 4.78 is 0. The van der Waals surface area contributed by atoms with Gasteiger partial charge in [0.25, 0.3) is 0 Å². The summed E-state index contributed by atoms with van der Waals surface area (Å²) in [7, 11) is 0. The Morgan fingerprint density at radius 1 is 0.558 bits per heavy atom. The van der Waals surface area contributed by atoms with Crippen LogP contribution in [0.3, 0.4) is 0 Å². The lowest BCUT2D eigenvalue weighted by Crippen LogP contribution is -2.60. The Balaban J connectivity index is 3.20. The van der Waals surface area contributed by atoms with Crippen molar-refractivity contribution in [3.63, 3.8) is 0 Å². The van der Waals surface area contributed by atoms with Crippen LogP contribution >= 0.6 is 36.2 Å². The second kappa shape index (κ2) is 37.4. The molecule has 10 atom stereocenters. The van der Waals surface area contributed by atoms with Gasteiger partial charge in [-0.1, -0.05) is 30.3 Å². The van der Waals surface area contributed by atoms with E-state index in [2.05, 4.69) is 65.8 Å². The molecular formula is C47H79N15O12S3. The molecule has 0 bridgehead atoms. The predicted molar refractivity (Wildman–Crippen MR) is 296 cm³/mol. The van der Waals surface area contributed by atoms with Crippen LogP contribution in [-0.4, -0.2) is 179 Å². The van der Waals surface area contributed by atoms with E-state index in [0.29, 0.717) is 29.9 Å². The summed E-state index contributed by atoms with van der Waals surface area (Å²) in [6.07, 6.45) is 4.42. The molecule has 0 aliphatic rings. The molecule has 1 rings (SSSR count). The first kappa shape index (κ1) is 68.6. The van der Waals surface area contributed by atoms with Gasteiger partial charge in [0.15, 0.2) is 5.96 Å². The molecule has 432 valence electrons. The molecule has 27 nitrogen and oxygen atoms in total. The van der Waals surface area contributed by atoms with Crippen LogP contribution in [0.4, 0.5) is 0 Å². The van der Waals surface area contributed by atoms with Crippen LogP contribution in [0, 0.1) is 5.41 Å². The van der Waals surface area contributed by atoms with Gasteiger partial charge in [0.2, 0.25) is 59.1 Å². The molecule has 1 aromatic rings. The number of carbonyl (C=O) groups excluding carboxylic acids is 10. The highest BCUT2D eigenvalue weighted by molar-refractivity contribution is 7.98. The van der Waals surface area contributed by atoms with Gasteiger partial charge in [-0.05, 0) is 102 Å². The molecule has 0 aromatic heterocycles. The zero-order valence-corrected chi connectivity index (χ0v) is 46.6. The molecule has 0 aliphatic heterocycles. The summed E-state index contributed by atoms with van der Waals surface area (Å²) in [6, 6.07) is -4.15. The first-order chi connectivity index (χ1) is 36.4. The number of primary amides is 1. The first-order valence-corrected chi connectivity index (χ1v) is 28.2. The third-order valence-electron chi connectivity index (χ3n) is 11.4. The fraction of sp³-hybridized carbons (Fsp3) is 0.617. The molecule has 77 heavy (non-hydrogen) atoms. The molecule has 0 spiro atoms. The highest BCUT2D eigenvalue weighted by atomic mass is 32.2. The van der Waals surface area contributed by atoms with E-state index in [9.17, 15) is 57.8 Å². The quantitative estimate of drug-likeness (QED) is 0.0129. The van der Waals surface area contributed by atoms with Crippen LogP contribution in [-0.2, 0) is 59.2 Å². The van der Waals surface area contributed by atoms with Gasteiger partial charge in [-0.2, -0.15) is 36.2 Å². The van der Waals surface area contributed by atoms with Crippen LogP contribution in [0.5, 0.6) is 0 Å². The lowest BCUT2D eigenvalue weighted by molar-refractivity contribution is -0.142. The Labute approximate surface area is 462 Å². The van der Waals surface area contributed by atoms with Crippen molar-refractivity contribution in [3.8, 4) is 0 Å². The minimum atomic E-state index is -1.38. The van der Waals surface area contributed by atoms with E-state index in [1.807, 2.05) is 0 Å². The van der Waals surface area contributed by atoms with Gasteiger partial charge < -0.3 is 81.2 Å². The third kappa shape index (κ3) is 27.5. The van der Waals surface area contributed by atoms with Crippen molar-refractivity contribution in [2.45, 2.75) is 139 Å². The number of aliphatic carboxylic acids is 1. The number of unbranched alkanes of at least 4 members (excludes halogenated alkanes) is 1. The lowest BCUT2D eigenvalue weighted by Gasteiger charge is -2.27. The Morgan fingerprint density at radius 3 is 1.42 bits per heavy atom. The summed E-state index contributed by atoms with van der Waals surface area (Å²) in [5.74, 6) is -9.07. The van der Waals surface area contributed by atoms with E-state index in [0.717, 1.165) is 0 Å². The van der Waals surface area contributed by atoms with Crippen LogP contribution in [0.15, 0.2) is 30.3 Å². The topological polar surface area (TPSA) is 456 Å². The number of amides is 10. The largest absolute Gasteiger partial charge is 0.480 e. The van der Waals surface area contributed by atoms with Crippen molar-refractivity contribution in [1.82, 2.24) is 53.2 Å². The van der Waals surface area contributed by atoms with Crippen molar-refractivity contribution in [1.29, 1.82) is 5.41 Å². The molecule has 0 heterocycles. The summed E-state index contributed by atoms with van der Waals surface area (Å²) in [4.78, 5) is 144. The molecule has 0 radical (unpaired) electrons. The van der Waals surface area contributed by atoms with Gasteiger partial charge in [-0.15, -0.1) is 0 Å². The van der Waals surface area contributed by atoms with Gasteiger partial charge in [0, 0.05) is 18.7 Å². The maximum atomic E-state index is 14.0. The second-order valence-electron chi connectivity index (χ2n) is 17.9. The number of carboxylic acids is 1. The molecule has 0 saturated carbocycles. The van der Waals surface area contributed by atoms with E-state index in [4.69, 9.17) is 28.3 Å². The molecule has 0 saturated heterocycles. The van der Waals surface area contributed by atoms with Gasteiger partial charge in [-0.25, -0.2) is 4.79 Å². The number of carbonyl (C=O) groups is 11. The monoisotopic (exact) mass is 1140 g/mol. The number of nitrogens with one attached hydrogen (secondary N) is 11. The number of hydrogen-bond acceptors (Lipinski definition) is 17. The maximum absolute atomic E-state index is 14.0. The number of nitrogens with two attached hydrogens (primary N) is 4. The maximum Gasteiger partial charge on any atom is 0.326 e. The molecule has 1 aromatic carbocycles. The number of guanidine groups is 1. The Bertz CT molecular complexity index is 2150. The summed E-state index contributed by atoms with van der Waals surface area (Å²) in [6.45, 7) is 4.49. The van der Waals surface area contributed by atoms with Crippen LogP contribution in [0.2, 0.25) is 0 Å². The van der Waals surface area contributed by atoms with Crippen molar-refractivity contribution in [3.05, 3.63) is 35.9 Å². The highest BCUT2D eigenvalue weighted by Crippen LogP contribution is 2.10. The van der Waals surface area contributed by atoms with Crippen LogP contribution in [0.1, 0.15) is 77.7 Å². The van der Waals surface area contributed by atoms with E-state index < -0.39 is 132 Å². The van der Waals surface area contributed by atoms with Gasteiger partial charge in [0.1, 0.15) is 54.4 Å². The van der Waals surface area contributed by atoms with Crippen LogP contribution < -0.4 is 76.1 Å². The molecule has 10 amide bonds. The number of rotatable bonds is 38.